The van der Waals surface area contributed by atoms with Crippen LogP contribution in [-0.2, 0) is 13.8 Å². The fourth-order valence-electron chi connectivity index (χ4n) is 3.24. The maximum absolute atomic E-state index is 10.7. The summed E-state index contributed by atoms with van der Waals surface area (Å²) >= 11 is 0. The summed E-state index contributed by atoms with van der Waals surface area (Å²) in [6.45, 7) is 1.50. The Morgan fingerprint density at radius 2 is 2.11 bits per heavy atom. The average Bonchev–Trinajstić information content (AvgIpc) is 2.70. The quantitative estimate of drug-likeness (QED) is 0.510. The normalized spacial score (nSPS) is 17.1. The van der Waals surface area contributed by atoms with Gasteiger partial charge in [0, 0.05) is 23.0 Å². The van der Waals surface area contributed by atoms with Crippen molar-refractivity contribution in [2.45, 2.75) is 19.1 Å². The topological polar surface area (TPSA) is 114 Å². The standard InChI is InChI=1S/C17H22N3O6P/c1-24-14-4-2-3-13-16(14)18-11-19-17(13)20-7-5-12(6-8-20)10-25-15(9-21)26-27(22)23/h2-4,11-12,15,21H,5-10H2,1H3/p+1. The third-order valence-corrected chi connectivity index (χ3v) is 5.03. The highest BCUT2D eigenvalue weighted by Crippen LogP contribution is 2.31. The molecule has 2 N–H and O–H groups in total. The lowest BCUT2D eigenvalue weighted by Gasteiger charge is -2.33. The smallest absolute Gasteiger partial charge is 0.494 e. The number of ether oxygens (including phenoxy) is 2. The van der Waals surface area contributed by atoms with Gasteiger partial charge in [0.05, 0.1) is 20.3 Å². The van der Waals surface area contributed by atoms with Crippen LogP contribution in [0.25, 0.3) is 10.9 Å². The lowest BCUT2D eigenvalue weighted by molar-refractivity contribution is -0.118. The number of aliphatic hydroxyl groups is 1. The minimum absolute atomic E-state index is 0.276. The second kappa shape index (κ2) is 9.34. The van der Waals surface area contributed by atoms with E-state index in [2.05, 4.69) is 19.4 Å². The highest BCUT2D eigenvalue weighted by molar-refractivity contribution is 7.32. The average molecular weight is 396 g/mol. The van der Waals surface area contributed by atoms with E-state index in [1.165, 1.54) is 0 Å². The summed E-state index contributed by atoms with van der Waals surface area (Å²) in [5, 5.41) is 10.1. The number of rotatable bonds is 8. The van der Waals surface area contributed by atoms with Crippen molar-refractivity contribution in [3.63, 3.8) is 0 Å². The molecule has 1 aliphatic heterocycles. The molecule has 1 aromatic carbocycles. The number of fused-ring (bicyclic) bond motifs is 1. The van der Waals surface area contributed by atoms with Gasteiger partial charge in [-0.3, -0.25) is 0 Å². The Bertz CT molecular complexity index is 784. The molecule has 1 aliphatic rings. The summed E-state index contributed by atoms with van der Waals surface area (Å²) in [5.74, 6) is 1.88. The van der Waals surface area contributed by atoms with Gasteiger partial charge in [0.1, 0.15) is 23.4 Å². The lowest BCUT2D eigenvalue weighted by Crippen LogP contribution is -2.36. The highest BCUT2D eigenvalue weighted by atomic mass is 31.1. The molecule has 2 aromatic rings. The van der Waals surface area contributed by atoms with Crippen LogP contribution in [0.3, 0.4) is 0 Å². The van der Waals surface area contributed by atoms with Crippen molar-refractivity contribution in [1.82, 2.24) is 9.97 Å². The van der Waals surface area contributed by atoms with Crippen molar-refractivity contribution in [2.75, 3.05) is 38.3 Å². The Kier molecular flexibility index (Phi) is 6.87. The summed E-state index contributed by atoms with van der Waals surface area (Å²) in [6, 6.07) is 5.79. The van der Waals surface area contributed by atoms with Gasteiger partial charge in [-0.25, -0.2) is 9.97 Å². The van der Waals surface area contributed by atoms with Crippen LogP contribution < -0.4 is 9.64 Å². The van der Waals surface area contributed by atoms with Crippen LogP contribution in [0, 0.1) is 5.92 Å². The van der Waals surface area contributed by atoms with Gasteiger partial charge in [-0.2, -0.15) is 0 Å². The predicted octanol–water partition coefficient (Wildman–Crippen LogP) is 1.86. The molecule has 0 bridgehead atoms. The number of hydrogen-bond acceptors (Lipinski definition) is 8. The first kappa shape index (κ1) is 19.9. The van der Waals surface area contributed by atoms with Gasteiger partial charge in [-0.1, -0.05) is 10.6 Å². The first-order chi connectivity index (χ1) is 13.1. The van der Waals surface area contributed by atoms with Crippen molar-refractivity contribution >= 4 is 25.0 Å². The first-order valence-corrected chi connectivity index (χ1v) is 9.83. The summed E-state index contributed by atoms with van der Waals surface area (Å²) in [5.41, 5.74) is 0.788. The summed E-state index contributed by atoms with van der Waals surface area (Å²) in [4.78, 5) is 19.8. The van der Waals surface area contributed by atoms with Gasteiger partial charge >= 0.3 is 8.25 Å². The fraction of sp³-hybridized carbons (Fsp3) is 0.529. The molecule has 1 aromatic heterocycles. The molecular weight excluding hydrogens is 373 g/mol. The van der Waals surface area contributed by atoms with Crippen LogP contribution >= 0.6 is 8.25 Å². The second-order valence-electron chi connectivity index (χ2n) is 6.27. The highest BCUT2D eigenvalue weighted by Gasteiger charge is 2.26. The molecule has 1 fully saturated rings. The van der Waals surface area contributed by atoms with E-state index in [1.807, 2.05) is 18.2 Å². The second-order valence-corrected chi connectivity index (χ2v) is 6.96. The molecule has 0 amide bonds. The Balaban J connectivity index is 1.61. The third-order valence-electron chi connectivity index (χ3n) is 4.62. The molecular formula is C17H23N3O6P+. The van der Waals surface area contributed by atoms with Crippen molar-refractivity contribution in [2.24, 2.45) is 5.92 Å². The van der Waals surface area contributed by atoms with Crippen LogP contribution in [0.15, 0.2) is 24.5 Å². The van der Waals surface area contributed by atoms with Crippen molar-refractivity contribution in [3.05, 3.63) is 24.5 Å². The van der Waals surface area contributed by atoms with E-state index in [-0.39, 0.29) is 5.92 Å². The molecule has 27 heavy (non-hydrogen) atoms. The molecule has 10 heteroatoms. The fourth-order valence-corrected chi connectivity index (χ4v) is 3.56. The number of nitrogens with zero attached hydrogens (tertiary/aromatic N) is 3. The third kappa shape index (κ3) is 4.88. The molecule has 1 saturated heterocycles. The van der Waals surface area contributed by atoms with Crippen molar-refractivity contribution in [3.8, 4) is 5.75 Å². The van der Waals surface area contributed by atoms with Crippen LogP contribution in [0.2, 0.25) is 0 Å². The molecule has 146 valence electrons. The molecule has 0 aliphatic carbocycles. The van der Waals surface area contributed by atoms with E-state index in [0.29, 0.717) is 6.61 Å². The minimum atomic E-state index is -2.80. The number of anilines is 1. The van der Waals surface area contributed by atoms with Crippen LogP contribution in [0.1, 0.15) is 12.8 Å². The maximum Gasteiger partial charge on any atom is 0.697 e. The number of para-hydroxylation sites is 1. The number of hydrogen-bond donors (Lipinski definition) is 2. The van der Waals surface area contributed by atoms with E-state index in [1.54, 1.807) is 13.4 Å². The van der Waals surface area contributed by atoms with Crippen LogP contribution in [0.5, 0.6) is 5.75 Å². The number of methoxy groups -OCH3 is 1. The number of piperidine rings is 1. The lowest BCUT2D eigenvalue weighted by atomic mass is 9.97. The number of benzene rings is 1. The van der Waals surface area contributed by atoms with Gasteiger partial charge < -0.3 is 19.5 Å². The van der Waals surface area contributed by atoms with Crippen molar-refractivity contribution in [1.29, 1.82) is 0 Å². The van der Waals surface area contributed by atoms with Gasteiger partial charge in [0.2, 0.25) is 6.29 Å². The Morgan fingerprint density at radius 1 is 1.33 bits per heavy atom. The number of aliphatic hydroxyl groups excluding tert-OH is 1. The van der Waals surface area contributed by atoms with Crippen LogP contribution in [-0.4, -0.2) is 59.7 Å². The zero-order chi connectivity index (χ0) is 19.2. The van der Waals surface area contributed by atoms with Crippen LogP contribution in [0.4, 0.5) is 5.82 Å². The molecule has 3 rings (SSSR count). The molecule has 2 unspecified atom stereocenters. The molecule has 0 saturated carbocycles. The zero-order valence-electron chi connectivity index (χ0n) is 15.0. The largest absolute Gasteiger partial charge is 0.697 e. The Hall–Kier alpha value is -1.90. The molecule has 0 radical (unpaired) electrons. The predicted molar refractivity (Wildman–Crippen MR) is 98.8 cm³/mol. The number of aromatic nitrogens is 2. The van der Waals surface area contributed by atoms with Crippen molar-refractivity contribution < 1.29 is 28.6 Å². The Labute approximate surface area is 157 Å². The minimum Gasteiger partial charge on any atom is -0.494 e. The van der Waals surface area contributed by atoms with Gasteiger partial charge in [0.15, 0.2) is 0 Å². The summed E-state index contributed by atoms with van der Waals surface area (Å²) < 4.78 is 26.1. The van der Waals surface area contributed by atoms with E-state index >= 15 is 0 Å². The van der Waals surface area contributed by atoms with E-state index in [4.69, 9.17) is 19.5 Å². The van der Waals surface area contributed by atoms with E-state index in [9.17, 15) is 4.57 Å². The molecule has 2 atom stereocenters. The monoisotopic (exact) mass is 396 g/mol. The first-order valence-electron chi connectivity index (χ1n) is 8.70. The summed E-state index contributed by atoms with van der Waals surface area (Å²) in [6.07, 6.45) is 2.22. The molecule has 0 spiro atoms. The van der Waals surface area contributed by atoms with Gasteiger partial charge in [-0.15, -0.1) is 4.89 Å². The van der Waals surface area contributed by atoms with E-state index < -0.39 is 21.2 Å². The molecule has 2 heterocycles. The zero-order valence-corrected chi connectivity index (χ0v) is 15.9. The Morgan fingerprint density at radius 3 is 2.78 bits per heavy atom. The van der Waals surface area contributed by atoms with Gasteiger partial charge in [-0.05, 0) is 30.9 Å². The molecule has 9 nitrogen and oxygen atoms in total. The van der Waals surface area contributed by atoms with Gasteiger partial charge in [0.25, 0.3) is 0 Å². The van der Waals surface area contributed by atoms with E-state index in [0.717, 1.165) is 48.4 Å². The summed E-state index contributed by atoms with van der Waals surface area (Å²) in [7, 11) is -1.18. The maximum atomic E-state index is 10.7. The SMILES string of the molecule is COc1cccc2c(N3CCC(COC(CO)O[P+](=O)O)CC3)ncnc12.